The average Bonchev–Trinajstić information content (AvgIpc) is 2.72. The zero-order valence-corrected chi connectivity index (χ0v) is 15.8. The lowest BCUT2D eigenvalue weighted by Crippen LogP contribution is -2.21. The third kappa shape index (κ3) is 4.88. The normalized spacial score (nSPS) is 10.3. The van der Waals surface area contributed by atoms with Crippen LogP contribution in [0.1, 0.15) is 24.2 Å². The Morgan fingerprint density at radius 1 is 0.741 bits per heavy atom. The van der Waals surface area contributed by atoms with Crippen molar-refractivity contribution in [3.8, 4) is 0 Å². The van der Waals surface area contributed by atoms with Crippen molar-refractivity contribution in [3.05, 3.63) is 84.4 Å². The Hall–Kier alpha value is -3.27. The average molecular weight is 359 g/mol. The fourth-order valence-electron chi connectivity index (χ4n) is 2.94. The highest BCUT2D eigenvalue weighted by atomic mass is 16.1. The number of anilines is 4. The van der Waals surface area contributed by atoms with E-state index < -0.39 is 0 Å². The lowest BCUT2D eigenvalue weighted by Gasteiger charge is -2.21. The van der Waals surface area contributed by atoms with Crippen molar-refractivity contribution < 1.29 is 4.79 Å². The number of nitrogens with zero attached hydrogens (tertiary/aromatic N) is 1. The largest absolute Gasteiger partial charge is 0.372 e. The maximum absolute atomic E-state index is 12.2. The van der Waals surface area contributed by atoms with Crippen molar-refractivity contribution in [2.45, 2.75) is 13.8 Å². The molecule has 0 aromatic heterocycles. The van der Waals surface area contributed by atoms with Crippen LogP contribution in [0.2, 0.25) is 0 Å². The monoisotopic (exact) mass is 359 g/mol. The van der Waals surface area contributed by atoms with Gasteiger partial charge >= 0.3 is 0 Å². The molecule has 3 rings (SSSR count). The molecule has 3 aromatic rings. The minimum Gasteiger partial charge on any atom is -0.372 e. The van der Waals surface area contributed by atoms with Gasteiger partial charge in [-0.25, -0.2) is 0 Å². The molecule has 0 aliphatic carbocycles. The summed E-state index contributed by atoms with van der Waals surface area (Å²) in [5.41, 5.74) is 4.65. The molecule has 27 heavy (non-hydrogen) atoms. The molecule has 0 aliphatic rings. The molecule has 0 radical (unpaired) electrons. The standard InChI is InChI=1S/C23H25N3O/c1-3-26(4-2)22-16-14-20(15-17-22)24-19-10-12-21(13-11-19)25-23(27)18-8-6-5-7-9-18/h5-17,24H,3-4H2,1-2H3,(H,25,27). The summed E-state index contributed by atoms with van der Waals surface area (Å²) in [5.74, 6) is -0.108. The van der Waals surface area contributed by atoms with Gasteiger partial charge in [-0.1, -0.05) is 18.2 Å². The smallest absolute Gasteiger partial charge is 0.255 e. The van der Waals surface area contributed by atoms with Gasteiger partial charge in [-0.15, -0.1) is 0 Å². The van der Waals surface area contributed by atoms with Crippen LogP contribution in [0.4, 0.5) is 22.7 Å². The summed E-state index contributed by atoms with van der Waals surface area (Å²) in [6, 6.07) is 25.3. The summed E-state index contributed by atoms with van der Waals surface area (Å²) in [6.07, 6.45) is 0. The van der Waals surface area contributed by atoms with Crippen LogP contribution < -0.4 is 15.5 Å². The minimum atomic E-state index is -0.108. The van der Waals surface area contributed by atoms with Crippen molar-refractivity contribution >= 4 is 28.7 Å². The first-order chi connectivity index (χ1) is 13.2. The second kappa shape index (κ2) is 8.90. The first-order valence-electron chi connectivity index (χ1n) is 9.28. The molecule has 0 fully saturated rings. The van der Waals surface area contributed by atoms with E-state index in [2.05, 4.69) is 53.6 Å². The van der Waals surface area contributed by atoms with E-state index in [-0.39, 0.29) is 5.91 Å². The molecule has 0 unspecified atom stereocenters. The Bertz CT molecular complexity index is 854. The number of rotatable bonds is 7. The molecule has 4 heteroatoms. The number of nitrogens with one attached hydrogen (secondary N) is 2. The van der Waals surface area contributed by atoms with Gasteiger partial charge in [0.15, 0.2) is 0 Å². The van der Waals surface area contributed by atoms with Crippen LogP contribution >= 0.6 is 0 Å². The van der Waals surface area contributed by atoms with Crippen LogP contribution in [0.25, 0.3) is 0 Å². The second-order valence-corrected chi connectivity index (χ2v) is 6.24. The summed E-state index contributed by atoms with van der Waals surface area (Å²) in [7, 11) is 0. The molecule has 3 aromatic carbocycles. The highest BCUT2D eigenvalue weighted by Gasteiger charge is 2.05. The summed E-state index contributed by atoms with van der Waals surface area (Å²) < 4.78 is 0. The summed E-state index contributed by atoms with van der Waals surface area (Å²) in [4.78, 5) is 14.5. The molecule has 2 N–H and O–H groups in total. The number of hydrogen-bond donors (Lipinski definition) is 2. The predicted octanol–water partition coefficient (Wildman–Crippen LogP) is 5.53. The molecule has 0 atom stereocenters. The Morgan fingerprint density at radius 3 is 1.81 bits per heavy atom. The Labute approximate surface area is 160 Å². The van der Waals surface area contributed by atoms with E-state index in [1.165, 1.54) is 5.69 Å². The third-order valence-electron chi connectivity index (χ3n) is 4.46. The number of carbonyl (C=O) groups excluding carboxylic acids is 1. The lowest BCUT2D eigenvalue weighted by molar-refractivity contribution is 0.102. The Kier molecular flexibility index (Phi) is 6.10. The quantitative estimate of drug-likeness (QED) is 0.583. The summed E-state index contributed by atoms with van der Waals surface area (Å²) in [6.45, 7) is 6.32. The van der Waals surface area contributed by atoms with Gasteiger partial charge in [0.2, 0.25) is 0 Å². The highest BCUT2D eigenvalue weighted by molar-refractivity contribution is 6.04. The van der Waals surface area contributed by atoms with Crippen LogP contribution in [0.15, 0.2) is 78.9 Å². The van der Waals surface area contributed by atoms with E-state index in [0.29, 0.717) is 5.56 Å². The van der Waals surface area contributed by atoms with Crippen LogP contribution in [-0.4, -0.2) is 19.0 Å². The molecule has 1 amide bonds. The fourth-order valence-corrected chi connectivity index (χ4v) is 2.94. The second-order valence-electron chi connectivity index (χ2n) is 6.24. The van der Waals surface area contributed by atoms with Crippen molar-refractivity contribution in [2.75, 3.05) is 28.6 Å². The van der Waals surface area contributed by atoms with Gasteiger partial charge in [0.25, 0.3) is 5.91 Å². The fraction of sp³-hybridized carbons (Fsp3) is 0.174. The highest BCUT2D eigenvalue weighted by Crippen LogP contribution is 2.22. The minimum absolute atomic E-state index is 0.108. The topological polar surface area (TPSA) is 44.4 Å². The zero-order chi connectivity index (χ0) is 19.1. The van der Waals surface area contributed by atoms with Gasteiger partial charge in [-0.2, -0.15) is 0 Å². The molecular weight excluding hydrogens is 334 g/mol. The van der Waals surface area contributed by atoms with E-state index in [4.69, 9.17) is 0 Å². The molecule has 0 saturated heterocycles. The molecular formula is C23H25N3O. The molecule has 4 nitrogen and oxygen atoms in total. The maximum Gasteiger partial charge on any atom is 0.255 e. The number of amides is 1. The number of hydrogen-bond acceptors (Lipinski definition) is 3. The van der Waals surface area contributed by atoms with E-state index in [1.54, 1.807) is 12.1 Å². The summed E-state index contributed by atoms with van der Waals surface area (Å²) in [5, 5.41) is 6.30. The first-order valence-corrected chi connectivity index (χ1v) is 9.28. The lowest BCUT2D eigenvalue weighted by atomic mass is 10.2. The Balaban J connectivity index is 1.61. The molecule has 0 spiro atoms. The van der Waals surface area contributed by atoms with E-state index in [9.17, 15) is 4.79 Å². The van der Waals surface area contributed by atoms with Crippen molar-refractivity contribution in [2.24, 2.45) is 0 Å². The maximum atomic E-state index is 12.2. The SMILES string of the molecule is CCN(CC)c1ccc(Nc2ccc(NC(=O)c3ccccc3)cc2)cc1. The van der Waals surface area contributed by atoms with E-state index in [1.807, 2.05) is 42.5 Å². The number of benzene rings is 3. The van der Waals surface area contributed by atoms with Crippen molar-refractivity contribution in [3.63, 3.8) is 0 Å². The Morgan fingerprint density at radius 2 is 1.26 bits per heavy atom. The van der Waals surface area contributed by atoms with Crippen LogP contribution in [-0.2, 0) is 0 Å². The first kappa shape index (κ1) is 18.5. The van der Waals surface area contributed by atoms with E-state index >= 15 is 0 Å². The van der Waals surface area contributed by atoms with Gasteiger partial charge in [-0.05, 0) is 74.5 Å². The van der Waals surface area contributed by atoms with Crippen molar-refractivity contribution in [1.29, 1.82) is 0 Å². The van der Waals surface area contributed by atoms with Crippen LogP contribution in [0.5, 0.6) is 0 Å². The zero-order valence-electron chi connectivity index (χ0n) is 15.8. The van der Waals surface area contributed by atoms with Gasteiger partial charge < -0.3 is 15.5 Å². The molecule has 138 valence electrons. The van der Waals surface area contributed by atoms with Crippen molar-refractivity contribution in [1.82, 2.24) is 0 Å². The van der Waals surface area contributed by atoms with Gasteiger partial charge in [0.1, 0.15) is 0 Å². The van der Waals surface area contributed by atoms with Crippen LogP contribution in [0, 0.1) is 0 Å². The predicted molar refractivity (Wildman–Crippen MR) is 114 cm³/mol. The van der Waals surface area contributed by atoms with Gasteiger partial charge in [0.05, 0.1) is 0 Å². The molecule has 0 saturated carbocycles. The molecule has 0 heterocycles. The van der Waals surface area contributed by atoms with Gasteiger partial charge in [-0.3, -0.25) is 4.79 Å². The number of carbonyl (C=O) groups is 1. The summed E-state index contributed by atoms with van der Waals surface area (Å²) >= 11 is 0. The molecule has 0 bridgehead atoms. The van der Waals surface area contributed by atoms with E-state index in [0.717, 1.165) is 30.2 Å². The van der Waals surface area contributed by atoms with Crippen LogP contribution in [0.3, 0.4) is 0 Å². The third-order valence-corrected chi connectivity index (χ3v) is 4.46. The van der Waals surface area contributed by atoms with Gasteiger partial charge in [0, 0.05) is 41.4 Å². The molecule has 0 aliphatic heterocycles.